The fourth-order valence-corrected chi connectivity index (χ4v) is 2.85. The molecule has 4 unspecified atom stereocenters. The third-order valence-corrected chi connectivity index (χ3v) is 4.62. The van der Waals surface area contributed by atoms with Gasteiger partial charge in [0.25, 0.3) is 0 Å². The number of nitrogens with two attached hydrogens (primary N) is 1. The molecule has 0 aromatic heterocycles. The van der Waals surface area contributed by atoms with Crippen LogP contribution in [0.3, 0.4) is 0 Å². The molecule has 0 aliphatic heterocycles. The number of carbonyl (C=O) groups is 7. The second-order valence-corrected chi connectivity index (χ2v) is 8.22. The maximum atomic E-state index is 12.8. The summed E-state index contributed by atoms with van der Waals surface area (Å²) in [5, 5.41) is 42.2. The molecule has 3 amide bonds. The van der Waals surface area contributed by atoms with Gasteiger partial charge >= 0.3 is 23.9 Å². The smallest absolute Gasteiger partial charge is 0.326 e. The molecule has 0 rings (SSSR count). The second kappa shape index (κ2) is 15.2. The first-order valence-corrected chi connectivity index (χ1v) is 10.7. The summed E-state index contributed by atoms with van der Waals surface area (Å²) in [6.07, 6.45) is -2.48. The quantitative estimate of drug-likeness (QED) is 0.108. The maximum absolute atomic E-state index is 12.8. The Kier molecular flexibility index (Phi) is 13.6. The van der Waals surface area contributed by atoms with Gasteiger partial charge in [-0.1, -0.05) is 13.8 Å². The van der Waals surface area contributed by atoms with Crippen LogP contribution >= 0.6 is 0 Å². The highest BCUT2D eigenvalue weighted by Crippen LogP contribution is 2.08. The summed E-state index contributed by atoms with van der Waals surface area (Å²) < 4.78 is 0. The van der Waals surface area contributed by atoms with E-state index in [0.29, 0.717) is 0 Å². The molecule has 9 N–H and O–H groups in total. The van der Waals surface area contributed by atoms with E-state index in [-0.39, 0.29) is 25.2 Å². The van der Waals surface area contributed by atoms with Gasteiger partial charge in [0.05, 0.1) is 12.5 Å². The van der Waals surface area contributed by atoms with Crippen LogP contribution in [0, 0.1) is 5.92 Å². The van der Waals surface area contributed by atoms with Crippen LogP contribution in [-0.2, 0) is 33.6 Å². The van der Waals surface area contributed by atoms with Crippen molar-refractivity contribution >= 4 is 41.6 Å². The molecular formula is C20H32N4O11. The number of aliphatic carboxylic acids is 4. The lowest BCUT2D eigenvalue weighted by molar-refractivity contribution is -0.147. The molecule has 0 saturated heterocycles. The van der Waals surface area contributed by atoms with Crippen molar-refractivity contribution < 1.29 is 54.0 Å². The molecule has 0 aromatic rings. The molecule has 0 saturated carbocycles. The Morgan fingerprint density at radius 3 is 1.57 bits per heavy atom. The molecule has 15 heteroatoms. The van der Waals surface area contributed by atoms with E-state index in [4.69, 9.17) is 26.2 Å². The Hall–Kier alpha value is -3.75. The summed E-state index contributed by atoms with van der Waals surface area (Å²) in [6, 6.07) is -5.84. The number of nitrogens with one attached hydrogen (secondary N) is 3. The van der Waals surface area contributed by atoms with E-state index in [0.717, 1.165) is 0 Å². The number of hydrogen-bond acceptors (Lipinski definition) is 8. The topological polar surface area (TPSA) is 263 Å². The predicted octanol–water partition coefficient (Wildman–Crippen LogP) is -1.90. The third-order valence-electron chi connectivity index (χ3n) is 4.62. The fourth-order valence-electron chi connectivity index (χ4n) is 2.85. The van der Waals surface area contributed by atoms with Crippen molar-refractivity contribution in [3.8, 4) is 0 Å². The average molecular weight is 504 g/mol. The van der Waals surface area contributed by atoms with E-state index in [1.807, 2.05) is 5.32 Å². The van der Waals surface area contributed by atoms with Crippen LogP contribution in [0.2, 0.25) is 0 Å². The van der Waals surface area contributed by atoms with Gasteiger partial charge in [-0.15, -0.1) is 0 Å². The Bertz CT molecular complexity index is 815. The van der Waals surface area contributed by atoms with Crippen LogP contribution in [0.25, 0.3) is 0 Å². The zero-order chi connectivity index (χ0) is 27.3. The van der Waals surface area contributed by atoms with Gasteiger partial charge in [0, 0.05) is 12.8 Å². The van der Waals surface area contributed by atoms with Crippen molar-refractivity contribution in [3.05, 3.63) is 0 Å². The minimum absolute atomic E-state index is 0.00864. The summed E-state index contributed by atoms with van der Waals surface area (Å²) >= 11 is 0. The lowest BCUT2D eigenvalue weighted by atomic mass is 10.0. The Balaban J connectivity index is 5.57. The molecule has 0 aliphatic rings. The van der Waals surface area contributed by atoms with Gasteiger partial charge in [-0.25, -0.2) is 4.79 Å². The Labute approximate surface area is 200 Å². The van der Waals surface area contributed by atoms with Crippen molar-refractivity contribution in [2.24, 2.45) is 11.7 Å². The minimum Gasteiger partial charge on any atom is -0.481 e. The molecule has 35 heavy (non-hydrogen) atoms. The summed E-state index contributed by atoms with van der Waals surface area (Å²) in [4.78, 5) is 81.5. The van der Waals surface area contributed by atoms with Crippen LogP contribution in [-0.4, -0.2) is 86.2 Å². The highest BCUT2D eigenvalue weighted by atomic mass is 16.4. The highest BCUT2D eigenvalue weighted by Gasteiger charge is 2.31. The number of rotatable bonds is 17. The number of carboxylic acid groups (broad SMARTS) is 4. The first-order valence-electron chi connectivity index (χ1n) is 10.7. The van der Waals surface area contributed by atoms with Gasteiger partial charge in [0.15, 0.2) is 0 Å². The molecule has 0 bridgehead atoms. The molecule has 0 aliphatic carbocycles. The van der Waals surface area contributed by atoms with Gasteiger partial charge in [-0.3, -0.25) is 28.8 Å². The molecule has 0 radical (unpaired) electrons. The number of carboxylic acids is 4. The zero-order valence-electron chi connectivity index (χ0n) is 19.4. The first-order chi connectivity index (χ1) is 16.1. The molecule has 0 aromatic carbocycles. The summed E-state index contributed by atoms with van der Waals surface area (Å²) in [5.41, 5.74) is 5.62. The largest absolute Gasteiger partial charge is 0.481 e. The first kappa shape index (κ1) is 31.2. The standard InChI is InChI=1S/C20H32N4O11/c1-9(2)7-12(19(33)24-13(20(34)35)8-16(29)30)23-18(32)11(4-6-15(27)28)22-17(31)10(21)3-5-14(25)26/h9-13H,3-8,21H2,1-2H3,(H,22,31)(H,23,32)(H,24,33)(H,25,26)(H,27,28)(H,29,30)(H,34,35). The number of carbonyl (C=O) groups excluding carboxylic acids is 3. The molecule has 0 spiro atoms. The average Bonchev–Trinajstić information content (AvgIpc) is 2.72. The number of amides is 3. The van der Waals surface area contributed by atoms with Crippen LogP contribution in [0.15, 0.2) is 0 Å². The van der Waals surface area contributed by atoms with Crippen molar-refractivity contribution in [1.29, 1.82) is 0 Å². The predicted molar refractivity (Wildman–Crippen MR) is 117 cm³/mol. The van der Waals surface area contributed by atoms with Gasteiger partial charge in [0.1, 0.15) is 18.1 Å². The van der Waals surface area contributed by atoms with Gasteiger partial charge < -0.3 is 42.1 Å². The molecular weight excluding hydrogens is 472 g/mol. The van der Waals surface area contributed by atoms with Crippen LogP contribution in [0.1, 0.15) is 52.4 Å². The van der Waals surface area contributed by atoms with Crippen LogP contribution in [0.5, 0.6) is 0 Å². The monoisotopic (exact) mass is 504 g/mol. The van der Waals surface area contributed by atoms with E-state index < -0.39 is 85.0 Å². The molecule has 0 fully saturated rings. The second-order valence-electron chi connectivity index (χ2n) is 8.22. The molecule has 0 heterocycles. The molecule has 15 nitrogen and oxygen atoms in total. The summed E-state index contributed by atoms with van der Waals surface area (Å²) in [5.74, 6) is -8.59. The van der Waals surface area contributed by atoms with E-state index in [1.54, 1.807) is 13.8 Å². The molecule has 4 atom stereocenters. The van der Waals surface area contributed by atoms with Gasteiger partial charge in [-0.05, 0) is 25.2 Å². The Morgan fingerprint density at radius 1 is 0.657 bits per heavy atom. The van der Waals surface area contributed by atoms with E-state index >= 15 is 0 Å². The van der Waals surface area contributed by atoms with E-state index in [9.17, 15) is 33.6 Å². The van der Waals surface area contributed by atoms with Gasteiger partial charge in [0.2, 0.25) is 17.7 Å². The summed E-state index contributed by atoms with van der Waals surface area (Å²) in [7, 11) is 0. The van der Waals surface area contributed by atoms with E-state index in [2.05, 4.69) is 10.6 Å². The van der Waals surface area contributed by atoms with Crippen molar-refractivity contribution in [2.75, 3.05) is 0 Å². The summed E-state index contributed by atoms with van der Waals surface area (Å²) in [6.45, 7) is 3.40. The van der Waals surface area contributed by atoms with Gasteiger partial charge in [-0.2, -0.15) is 0 Å². The lowest BCUT2D eigenvalue weighted by Gasteiger charge is -2.25. The van der Waals surface area contributed by atoms with Crippen LogP contribution in [0.4, 0.5) is 0 Å². The highest BCUT2D eigenvalue weighted by molar-refractivity contribution is 5.94. The third kappa shape index (κ3) is 13.5. The molecule has 198 valence electrons. The van der Waals surface area contributed by atoms with Crippen molar-refractivity contribution in [2.45, 2.75) is 76.5 Å². The van der Waals surface area contributed by atoms with Crippen molar-refractivity contribution in [1.82, 2.24) is 16.0 Å². The minimum atomic E-state index is -1.76. The Morgan fingerprint density at radius 2 is 1.11 bits per heavy atom. The number of hydrogen-bond donors (Lipinski definition) is 8. The fraction of sp³-hybridized carbons (Fsp3) is 0.650. The lowest BCUT2D eigenvalue weighted by Crippen LogP contribution is -2.57. The van der Waals surface area contributed by atoms with Crippen molar-refractivity contribution in [3.63, 3.8) is 0 Å². The normalized spacial score (nSPS) is 14.2. The zero-order valence-corrected chi connectivity index (χ0v) is 19.4. The van der Waals surface area contributed by atoms with Crippen LogP contribution < -0.4 is 21.7 Å². The van der Waals surface area contributed by atoms with E-state index in [1.165, 1.54) is 0 Å². The maximum Gasteiger partial charge on any atom is 0.326 e. The SMILES string of the molecule is CC(C)CC(NC(=O)C(CCC(=O)O)NC(=O)C(N)CCC(=O)O)C(=O)NC(CC(=O)O)C(=O)O.